The van der Waals surface area contributed by atoms with E-state index in [0.29, 0.717) is 6.54 Å². The van der Waals surface area contributed by atoms with Crippen LogP contribution >= 0.6 is 0 Å². The van der Waals surface area contributed by atoms with Gasteiger partial charge < -0.3 is 4.90 Å². The molecule has 3 rings (SSSR count). The summed E-state index contributed by atoms with van der Waals surface area (Å²) in [6.45, 7) is 3.31. The molecule has 120 valence electrons. The van der Waals surface area contributed by atoms with E-state index in [1.54, 1.807) is 18.6 Å². The number of benzene rings is 1. The lowest BCUT2D eigenvalue weighted by Gasteiger charge is -2.26. The van der Waals surface area contributed by atoms with Gasteiger partial charge in [0.15, 0.2) is 0 Å². The molecule has 1 aromatic heterocycles. The van der Waals surface area contributed by atoms with Gasteiger partial charge in [0.1, 0.15) is 0 Å². The topological polar surface area (TPSA) is 49.3 Å². The zero-order chi connectivity index (χ0) is 16.2. The number of amides is 1. The molecule has 1 aliphatic rings. The van der Waals surface area contributed by atoms with E-state index in [9.17, 15) is 4.79 Å². The molecule has 0 saturated heterocycles. The van der Waals surface area contributed by atoms with Crippen LogP contribution < -0.4 is 4.90 Å². The van der Waals surface area contributed by atoms with Gasteiger partial charge in [-0.25, -0.2) is 0 Å². The van der Waals surface area contributed by atoms with E-state index in [1.165, 1.54) is 5.56 Å². The van der Waals surface area contributed by atoms with Crippen LogP contribution in [-0.2, 0) is 17.6 Å². The third-order valence-electron chi connectivity index (χ3n) is 4.45. The lowest BCUT2D eigenvalue weighted by Crippen LogP contribution is -2.42. The summed E-state index contributed by atoms with van der Waals surface area (Å²) in [6.07, 6.45) is 6.89. The van der Waals surface area contributed by atoms with E-state index in [2.05, 4.69) is 27.9 Å². The molecule has 0 unspecified atom stereocenters. The highest BCUT2D eigenvalue weighted by Crippen LogP contribution is 2.27. The van der Waals surface area contributed by atoms with Crippen molar-refractivity contribution in [2.45, 2.75) is 25.8 Å². The van der Waals surface area contributed by atoms with Crippen LogP contribution in [0.15, 0.2) is 42.9 Å². The zero-order valence-electron chi connectivity index (χ0n) is 13.6. The molecule has 0 N–H and O–H groups in total. The van der Waals surface area contributed by atoms with Crippen molar-refractivity contribution in [1.82, 2.24) is 14.9 Å². The molecule has 0 aliphatic carbocycles. The maximum Gasteiger partial charge on any atom is 0.241 e. The molecule has 0 bridgehead atoms. The molecule has 5 heteroatoms. The second-order valence-corrected chi connectivity index (χ2v) is 6.09. The number of anilines is 1. The minimum atomic E-state index is 0.156. The average molecular weight is 310 g/mol. The van der Waals surface area contributed by atoms with Crippen molar-refractivity contribution in [2.75, 3.05) is 25.0 Å². The summed E-state index contributed by atoms with van der Waals surface area (Å²) in [5.41, 5.74) is 3.27. The van der Waals surface area contributed by atoms with Crippen LogP contribution in [0.4, 0.5) is 5.69 Å². The number of hydrogen-bond donors (Lipinski definition) is 0. The fourth-order valence-electron chi connectivity index (χ4n) is 2.95. The van der Waals surface area contributed by atoms with E-state index in [1.807, 2.05) is 30.1 Å². The van der Waals surface area contributed by atoms with Crippen molar-refractivity contribution >= 4 is 11.6 Å². The number of rotatable bonds is 5. The molecule has 23 heavy (non-hydrogen) atoms. The maximum absolute atomic E-state index is 12.6. The fraction of sp³-hybridized carbons (Fsp3) is 0.389. The molecule has 1 atom stereocenters. The van der Waals surface area contributed by atoms with Gasteiger partial charge in [-0.3, -0.25) is 19.7 Å². The summed E-state index contributed by atoms with van der Waals surface area (Å²) in [5, 5.41) is 0. The highest BCUT2D eigenvalue weighted by atomic mass is 16.2. The monoisotopic (exact) mass is 310 g/mol. The van der Waals surface area contributed by atoms with Crippen molar-refractivity contribution in [3.05, 3.63) is 54.1 Å². The number of fused-ring (bicyclic) bond motifs is 1. The smallest absolute Gasteiger partial charge is 0.241 e. The minimum absolute atomic E-state index is 0.156. The Kier molecular flexibility index (Phi) is 4.67. The largest absolute Gasteiger partial charge is 0.311 e. The molecule has 1 aliphatic heterocycles. The number of carbonyl (C=O) groups is 1. The van der Waals surface area contributed by atoms with Crippen LogP contribution in [0.2, 0.25) is 0 Å². The molecule has 5 nitrogen and oxygen atoms in total. The molecule has 1 aromatic carbocycles. The van der Waals surface area contributed by atoms with Crippen molar-refractivity contribution in [2.24, 2.45) is 0 Å². The lowest BCUT2D eigenvalue weighted by atomic mass is 10.1. The number of likely N-dealkylation sites (N-methyl/N-ethyl adjacent to an activating group) is 1. The Bertz CT molecular complexity index is 674. The first-order valence-corrected chi connectivity index (χ1v) is 7.98. The molecule has 0 radical (unpaired) electrons. The van der Waals surface area contributed by atoms with Crippen LogP contribution in [0, 0.1) is 0 Å². The number of carbonyl (C=O) groups excluding carboxylic acids is 1. The minimum Gasteiger partial charge on any atom is -0.311 e. The van der Waals surface area contributed by atoms with E-state index in [0.717, 1.165) is 30.8 Å². The van der Waals surface area contributed by atoms with Gasteiger partial charge in [-0.1, -0.05) is 18.2 Å². The standard InChI is InChI=1S/C18H22N4O/c1-14(11-16-12-19-8-9-20-16)21(2)13-18(23)22-10-7-15-5-3-4-6-17(15)22/h3-6,8-9,12,14H,7,10-11,13H2,1-2H3/t14-/m0/s1. The van der Waals surface area contributed by atoms with Crippen LogP contribution in [0.1, 0.15) is 18.2 Å². The summed E-state index contributed by atoms with van der Waals surface area (Å²) in [7, 11) is 1.99. The summed E-state index contributed by atoms with van der Waals surface area (Å²) < 4.78 is 0. The van der Waals surface area contributed by atoms with Crippen molar-refractivity contribution in [1.29, 1.82) is 0 Å². The van der Waals surface area contributed by atoms with Gasteiger partial charge >= 0.3 is 0 Å². The fourth-order valence-corrected chi connectivity index (χ4v) is 2.95. The third-order valence-corrected chi connectivity index (χ3v) is 4.45. The Morgan fingerprint density at radius 3 is 2.96 bits per heavy atom. The van der Waals surface area contributed by atoms with Gasteiger partial charge in [0, 0.05) is 43.3 Å². The van der Waals surface area contributed by atoms with E-state index < -0.39 is 0 Å². The first-order valence-electron chi connectivity index (χ1n) is 7.98. The molecule has 1 amide bonds. The maximum atomic E-state index is 12.6. The Labute approximate surface area is 137 Å². The predicted octanol–water partition coefficient (Wildman–Crippen LogP) is 1.93. The molecule has 0 fully saturated rings. The van der Waals surface area contributed by atoms with Crippen molar-refractivity contribution in [3.63, 3.8) is 0 Å². The Hall–Kier alpha value is -2.27. The normalized spacial score (nSPS) is 14.8. The quantitative estimate of drug-likeness (QED) is 0.847. The molecular formula is C18H22N4O. The Morgan fingerprint density at radius 1 is 1.35 bits per heavy atom. The summed E-state index contributed by atoms with van der Waals surface area (Å²) in [6, 6.07) is 8.38. The van der Waals surface area contributed by atoms with Gasteiger partial charge in [0.2, 0.25) is 5.91 Å². The average Bonchev–Trinajstić information content (AvgIpc) is 2.99. The first kappa shape index (κ1) is 15.6. The van der Waals surface area contributed by atoms with Crippen molar-refractivity contribution in [3.8, 4) is 0 Å². The van der Waals surface area contributed by atoms with E-state index in [4.69, 9.17) is 0 Å². The van der Waals surface area contributed by atoms with Crippen LogP contribution in [-0.4, -0.2) is 47.0 Å². The summed E-state index contributed by atoms with van der Waals surface area (Å²) in [4.78, 5) is 25.0. The number of hydrogen-bond acceptors (Lipinski definition) is 4. The zero-order valence-corrected chi connectivity index (χ0v) is 13.6. The van der Waals surface area contributed by atoms with Crippen molar-refractivity contribution < 1.29 is 4.79 Å². The Balaban J connectivity index is 1.59. The third kappa shape index (κ3) is 3.56. The Morgan fingerprint density at radius 2 is 2.17 bits per heavy atom. The summed E-state index contributed by atoms with van der Waals surface area (Å²) >= 11 is 0. The molecular weight excluding hydrogens is 288 g/mol. The number of aromatic nitrogens is 2. The van der Waals surface area contributed by atoms with Gasteiger partial charge in [-0.2, -0.15) is 0 Å². The second kappa shape index (κ2) is 6.87. The van der Waals surface area contributed by atoms with Gasteiger partial charge in [-0.15, -0.1) is 0 Å². The predicted molar refractivity (Wildman–Crippen MR) is 90.3 cm³/mol. The highest BCUT2D eigenvalue weighted by Gasteiger charge is 2.25. The van der Waals surface area contributed by atoms with E-state index >= 15 is 0 Å². The highest BCUT2D eigenvalue weighted by molar-refractivity contribution is 5.96. The van der Waals surface area contributed by atoms with Gasteiger partial charge in [0.05, 0.1) is 12.2 Å². The van der Waals surface area contributed by atoms with Crippen LogP contribution in [0.5, 0.6) is 0 Å². The summed E-state index contributed by atoms with van der Waals surface area (Å²) in [5.74, 6) is 0.156. The molecule has 0 spiro atoms. The van der Waals surface area contributed by atoms with Crippen LogP contribution in [0.3, 0.4) is 0 Å². The molecule has 0 saturated carbocycles. The SMILES string of the molecule is C[C@@H](Cc1cnccn1)N(C)CC(=O)N1CCc2ccccc21. The second-order valence-electron chi connectivity index (χ2n) is 6.09. The van der Waals surface area contributed by atoms with Crippen LogP contribution in [0.25, 0.3) is 0 Å². The van der Waals surface area contributed by atoms with E-state index in [-0.39, 0.29) is 11.9 Å². The first-order chi connectivity index (χ1) is 11.1. The molecule has 2 aromatic rings. The number of nitrogens with zero attached hydrogens (tertiary/aromatic N) is 4. The number of para-hydroxylation sites is 1. The molecule has 2 heterocycles. The lowest BCUT2D eigenvalue weighted by molar-refractivity contribution is -0.119. The van der Waals surface area contributed by atoms with Gasteiger partial charge in [0.25, 0.3) is 0 Å². The van der Waals surface area contributed by atoms with Gasteiger partial charge in [-0.05, 0) is 32.0 Å².